The molecule has 0 bridgehead atoms. The van der Waals surface area contributed by atoms with Crippen molar-refractivity contribution in [1.82, 2.24) is 0 Å². The van der Waals surface area contributed by atoms with E-state index < -0.39 is 24.5 Å². The summed E-state index contributed by atoms with van der Waals surface area (Å²) in [6, 6.07) is -1.17. The maximum Gasteiger partial charge on any atom is 0.154 e. The van der Waals surface area contributed by atoms with Crippen LogP contribution in [0.25, 0.3) is 0 Å². The molecule has 0 aliphatic heterocycles. The fraction of sp³-hybridized carbons (Fsp3) is 1.00. The quantitative estimate of drug-likeness (QED) is 0.245. The molecule has 6 nitrogen and oxygen atoms in total. The van der Waals surface area contributed by atoms with Gasteiger partial charge in [0.25, 0.3) is 0 Å². The molecule has 0 rings (SSSR count). The van der Waals surface area contributed by atoms with Gasteiger partial charge in [-0.25, -0.2) is 0 Å². The second-order valence-electron chi connectivity index (χ2n) is 2.75. The van der Waals surface area contributed by atoms with Gasteiger partial charge in [0, 0.05) is 6.61 Å². The number of aliphatic hydroxyl groups excluding tert-OH is 3. The molecular formula is C6H16N2O4. The van der Waals surface area contributed by atoms with Crippen LogP contribution in [0.1, 0.15) is 6.42 Å². The molecule has 0 heterocycles. The lowest BCUT2D eigenvalue weighted by Crippen LogP contribution is -2.62. The van der Waals surface area contributed by atoms with E-state index in [9.17, 15) is 0 Å². The summed E-state index contributed by atoms with van der Waals surface area (Å²) in [5, 5.41) is 35.3. The minimum atomic E-state index is -2.01. The van der Waals surface area contributed by atoms with Gasteiger partial charge in [0.2, 0.25) is 0 Å². The van der Waals surface area contributed by atoms with Gasteiger partial charge in [0.1, 0.15) is 0 Å². The third-order valence-corrected chi connectivity index (χ3v) is 1.67. The van der Waals surface area contributed by atoms with Gasteiger partial charge in [0.05, 0.1) is 18.8 Å². The summed E-state index contributed by atoms with van der Waals surface area (Å²) >= 11 is 0. The van der Waals surface area contributed by atoms with Crippen LogP contribution in [0.3, 0.4) is 0 Å². The van der Waals surface area contributed by atoms with Gasteiger partial charge in [-0.1, -0.05) is 0 Å². The summed E-state index contributed by atoms with van der Waals surface area (Å²) in [6.45, 7) is -0.993. The molecule has 0 aromatic rings. The van der Waals surface area contributed by atoms with Gasteiger partial charge in [-0.3, -0.25) is 0 Å². The molecule has 12 heavy (non-hydrogen) atoms. The summed E-state index contributed by atoms with van der Waals surface area (Å²) in [6.07, 6.45) is -1.11. The molecule has 0 aliphatic carbocycles. The zero-order chi connectivity index (χ0) is 9.78. The molecule has 0 aromatic carbocycles. The first kappa shape index (κ1) is 11.8. The third kappa shape index (κ3) is 3.02. The predicted octanol–water partition coefficient (Wildman–Crippen LogP) is -3.30. The standard InChI is InChI=1S/C6H16N2O4/c7-5(4(11)1-2-9)6(8,12)3-10/h4-5,9-12H,1-3,7-8H2. The Morgan fingerprint density at radius 1 is 1.33 bits per heavy atom. The second kappa shape index (κ2) is 4.70. The Balaban J connectivity index is 4.07. The lowest BCUT2D eigenvalue weighted by Gasteiger charge is -2.30. The molecule has 3 atom stereocenters. The Morgan fingerprint density at radius 3 is 2.17 bits per heavy atom. The number of nitrogens with two attached hydrogens (primary N) is 2. The van der Waals surface area contributed by atoms with E-state index in [1.165, 1.54) is 0 Å². The average molecular weight is 180 g/mol. The summed E-state index contributed by atoms with van der Waals surface area (Å²) in [5.74, 6) is 0. The van der Waals surface area contributed by atoms with E-state index in [0.29, 0.717) is 0 Å². The van der Waals surface area contributed by atoms with Crippen LogP contribution in [-0.2, 0) is 0 Å². The lowest BCUT2D eigenvalue weighted by molar-refractivity contribution is -0.0665. The Bertz CT molecular complexity index is 131. The highest BCUT2D eigenvalue weighted by atomic mass is 16.3. The van der Waals surface area contributed by atoms with E-state index in [2.05, 4.69) is 0 Å². The Hall–Kier alpha value is -0.240. The van der Waals surface area contributed by atoms with Gasteiger partial charge < -0.3 is 31.9 Å². The molecule has 0 spiro atoms. The fourth-order valence-corrected chi connectivity index (χ4v) is 0.750. The van der Waals surface area contributed by atoms with Crippen molar-refractivity contribution in [2.75, 3.05) is 13.2 Å². The number of rotatable bonds is 5. The van der Waals surface area contributed by atoms with E-state index >= 15 is 0 Å². The fourth-order valence-electron chi connectivity index (χ4n) is 0.750. The van der Waals surface area contributed by atoms with Crippen LogP contribution in [0.2, 0.25) is 0 Å². The minimum Gasteiger partial charge on any atom is -0.396 e. The van der Waals surface area contributed by atoms with Crippen molar-refractivity contribution < 1.29 is 20.4 Å². The van der Waals surface area contributed by atoms with Crippen LogP contribution < -0.4 is 11.5 Å². The van der Waals surface area contributed by atoms with E-state index in [-0.39, 0.29) is 13.0 Å². The molecule has 3 unspecified atom stereocenters. The summed E-state index contributed by atoms with van der Waals surface area (Å²) in [5.41, 5.74) is 8.42. The van der Waals surface area contributed by atoms with E-state index in [1.54, 1.807) is 0 Å². The highest BCUT2D eigenvalue weighted by molar-refractivity contribution is 4.88. The third-order valence-electron chi connectivity index (χ3n) is 1.67. The van der Waals surface area contributed by atoms with Gasteiger partial charge in [-0.15, -0.1) is 0 Å². The van der Waals surface area contributed by atoms with Crippen LogP contribution in [0.4, 0.5) is 0 Å². The van der Waals surface area contributed by atoms with Crippen molar-refractivity contribution in [1.29, 1.82) is 0 Å². The van der Waals surface area contributed by atoms with E-state index in [0.717, 1.165) is 0 Å². The first-order valence-electron chi connectivity index (χ1n) is 3.62. The van der Waals surface area contributed by atoms with Crippen molar-refractivity contribution in [3.63, 3.8) is 0 Å². The van der Waals surface area contributed by atoms with Crippen molar-refractivity contribution in [2.24, 2.45) is 11.5 Å². The van der Waals surface area contributed by atoms with Crippen molar-refractivity contribution in [3.05, 3.63) is 0 Å². The molecule has 0 amide bonds. The van der Waals surface area contributed by atoms with Gasteiger partial charge in [0.15, 0.2) is 5.72 Å². The monoisotopic (exact) mass is 180 g/mol. The van der Waals surface area contributed by atoms with Crippen LogP contribution >= 0.6 is 0 Å². The molecule has 0 radical (unpaired) electrons. The maximum absolute atomic E-state index is 9.15. The smallest absolute Gasteiger partial charge is 0.154 e. The number of hydrogen-bond donors (Lipinski definition) is 6. The zero-order valence-corrected chi connectivity index (χ0v) is 6.72. The Kier molecular flexibility index (Phi) is 4.61. The highest BCUT2D eigenvalue weighted by Crippen LogP contribution is 2.06. The van der Waals surface area contributed by atoms with E-state index in [4.69, 9.17) is 31.9 Å². The van der Waals surface area contributed by atoms with Crippen LogP contribution in [-0.4, -0.2) is 51.5 Å². The van der Waals surface area contributed by atoms with Crippen molar-refractivity contribution in [2.45, 2.75) is 24.3 Å². The van der Waals surface area contributed by atoms with Gasteiger partial charge >= 0.3 is 0 Å². The minimum absolute atomic E-state index is 0.0146. The first-order chi connectivity index (χ1) is 5.45. The molecule has 0 aromatic heterocycles. The molecule has 0 saturated carbocycles. The van der Waals surface area contributed by atoms with E-state index in [1.807, 2.05) is 0 Å². The summed E-state index contributed by atoms with van der Waals surface area (Å²) < 4.78 is 0. The predicted molar refractivity (Wildman–Crippen MR) is 41.9 cm³/mol. The normalized spacial score (nSPS) is 21.5. The van der Waals surface area contributed by atoms with Crippen molar-refractivity contribution >= 4 is 0 Å². The number of aliphatic hydroxyl groups is 4. The molecule has 74 valence electrons. The van der Waals surface area contributed by atoms with Crippen LogP contribution in [0, 0.1) is 0 Å². The Labute approximate surface area is 70.4 Å². The number of hydrogen-bond acceptors (Lipinski definition) is 6. The molecule has 0 aliphatic rings. The molecule has 8 N–H and O–H groups in total. The SMILES string of the molecule is NC(C(O)CCO)C(N)(O)CO. The van der Waals surface area contributed by atoms with Gasteiger partial charge in [-0.2, -0.15) is 0 Å². The topological polar surface area (TPSA) is 133 Å². The van der Waals surface area contributed by atoms with Crippen molar-refractivity contribution in [3.8, 4) is 0 Å². The lowest BCUT2D eigenvalue weighted by atomic mass is 9.99. The molecule has 6 heteroatoms. The first-order valence-corrected chi connectivity index (χ1v) is 3.62. The molecule has 0 saturated heterocycles. The summed E-state index contributed by atoms with van der Waals surface area (Å²) in [4.78, 5) is 0. The Morgan fingerprint density at radius 2 is 1.83 bits per heavy atom. The summed E-state index contributed by atoms with van der Waals surface area (Å²) in [7, 11) is 0. The largest absolute Gasteiger partial charge is 0.396 e. The van der Waals surface area contributed by atoms with Crippen LogP contribution in [0.15, 0.2) is 0 Å². The molecule has 0 fully saturated rings. The maximum atomic E-state index is 9.15. The second-order valence-corrected chi connectivity index (χ2v) is 2.75. The van der Waals surface area contributed by atoms with Gasteiger partial charge in [-0.05, 0) is 6.42 Å². The average Bonchev–Trinajstić information content (AvgIpc) is 2.03. The van der Waals surface area contributed by atoms with Crippen LogP contribution in [0.5, 0.6) is 0 Å². The molecular weight excluding hydrogens is 164 g/mol. The zero-order valence-electron chi connectivity index (χ0n) is 6.72. The highest BCUT2D eigenvalue weighted by Gasteiger charge is 2.33.